The Hall–Kier alpha value is -4.70. The molecule has 0 radical (unpaired) electrons. The van der Waals surface area contributed by atoms with Gasteiger partial charge in [0.1, 0.15) is 29.3 Å². The first-order chi connectivity index (χ1) is 22.6. The third kappa shape index (κ3) is 12.2. The van der Waals surface area contributed by atoms with E-state index in [0.29, 0.717) is 5.56 Å². The Bertz CT molecular complexity index is 1510. The summed E-state index contributed by atoms with van der Waals surface area (Å²) in [5, 5.41) is 15.8. The molecule has 10 nitrogen and oxygen atoms in total. The third-order valence-corrected chi connectivity index (χ3v) is 7.10. The summed E-state index contributed by atoms with van der Waals surface area (Å²) in [6.45, 7) is 11.5. The fourth-order valence-electron chi connectivity index (χ4n) is 5.15. The Morgan fingerprint density at radius 2 is 1.27 bits per heavy atom. The molecule has 0 spiro atoms. The molecule has 3 amide bonds. The molecule has 10 heteroatoms. The normalized spacial score (nSPS) is 13.4. The highest BCUT2D eigenvalue weighted by Gasteiger charge is 2.38. The van der Waals surface area contributed by atoms with Crippen LogP contribution in [0.25, 0.3) is 0 Å². The lowest BCUT2D eigenvalue weighted by atomic mass is 9.98. The minimum Gasteiger partial charge on any atom is -0.458 e. The number of aryl methyl sites for hydroxylation is 1. The first kappa shape index (κ1) is 37.8. The van der Waals surface area contributed by atoms with Crippen molar-refractivity contribution in [1.29, 1.82) is 0 Å². The van der Waals surface area contributed by atoms with Crippen LogP contribution in [0.1, 0.15) is 69.8 Å². The monoisotopic (exact) mass is 659 g/mol. The average molecular weight is 660 g/mol. The lowest BCUT2D eigenvalue weighted by molar-refractivity contribution is -0.159. The molecule has 0 saturated carbocycles. The summed E-state index contributed by atoms with van der Waals surface area (Å²) < 4.78 is 11.2. The van der Waals surface area contributed by atoms with Crippen molar-refractivity contribution in [2.75, 3.05) is 13.2 Å². The van der Waals surface area contributed by atoms with Crippen molar-refractivity contribution in [2.45, 2.75) is 90.6 Å². The van der Waals surface area contributed by atoms with Crippen LogP contribution >= 0.6 is 0 Å². The van der Waals surface area contributed by atoms with Crippen LogP contribution in [0.2, 0.25) is 0 Å². The molecule has 3 N–H and O–H groups in total. The quantitative estimate of drug-likeness (QED) is 0.218. The highest BCUT2D eigenvalue weighted by molar-refractivity contribution is 5.94. The van der Waals surface area contributed by atoms with Crippen molar-refractivity contribution in [1.82, 2.24) is 15.5 Å². The topological polar surface area (TPSA) is 134 Å². The third-order valence-electron chi connectivity index (χ3n) is 7.10. The predicted molar refractivity (Wildman–Crippen MR) is 184 cm³/mol. The van der Waals surface area contributed by atoms with E-state index in [4.69, 9.17) is 9.47 Å². The number of alkyl carbamates (subject to hydrolysis) is 1. The molecule has 3 atom stereocenters. The second-order valence-corrected chi connectivity index (χ2v) is 13.7. The molecule has 3 aromatic carbocycles. The molecule has 0 saturated heterocycles. The SMILES string of the molecule is Cc1cccc(C(C(=O)NC(Cc2ccccc2)C(=O)OC(C)(C)C)N(CCO)C(=O)C(Cc2ccccc2)NC(=O)OC(C)(C)C)c1. The molecule has 0 aliphatic carbocycles. The van der Waals surface area contributed by atoms with E-state index < -0.39 is 59.8 Å². The fraction of sp³-hybridized carbons (Fsp3) is 0.421. The maximum atomic E-state index is 14.5. The molecule has 0 aliphatic heterocycles. The Balaban J connectivity index is 2.07. The standard InChI is InChI=1S/C38H49N3O7/c1-26-15-14-20-29(23-26)32(33(43)39-31(35(45)47-37(2,3)4)25-28-18-12-9-13-19-28)41(21-22-42)34(44)30(24-27-16-10-8-11-17-27)40-36(46)48-38(5,6)7/h8-20,23,30-32,42H,21-22,24-25H2,1-7H3,(H,39,43)(H,40,46). The zero-order valence-corrected chi connectivity index (χ0v) is 29.0. The number of hydrogen-bond donors (Lipinski definition) is 3. The van der Waals surface area contributed by atoms with Gasteiger partial charge >= 0.3 is 12.1 Å². The summed E-state index contributed by atoms with van der Waals surface area (Å²) in [4.78, 5) is 56.6. The summed E-state index contributed by atoms with van der Waals surface area (Å²) in [5.74, 6) is -1.89. The van der Waals surface area contributed by atoms with Gasteiger partial charge in [-0.25, -0.2) is 9.59 Å². The maximum Gasteiger partial charge on any atom is 0.408 e. The number of carbonyl (C=O) groups is 4. The van der Waals surface area contributed by atoms with Gasteiger partial charge in [0.15, 0.2) is 0 Å². The van der Waals surface area contributed by atoms with Gasteiger partial charge in [-0.15, -0.1) is 0 Å². The lowest BCUT2D eigenvalue weighted by Crippen LogP contribution is -2.56. The predicted octanol–water partition coefficient (Wildman–Crippen LogP) is 5.06. The molecule has 258 valence electrons. The Morgan fingerprint density at radius 1 is 0.729 bits per heavy atom. The molecule has 3 aromatic rings. The number of ether oxygens (including phenoxy) is 2. The van der Waals surface area contributed by atoms with Gasteiger partial charge in [0.25, 0.3) is 0 Å². The highest BCUT2D eigenvalue weighted by Crippen LogP contribution is 2.25. The molecule has 0 aliphatic rings. The zero-order chi connectivity index (χ0) is 35.5. The summed E-state index contributed by atoms with van der Waals surface area (Å²) in [6.07, 6.45) is -0.560. The van der Waals surface area contributed by atoms with Crippen molar-refractivity contribution < 1.29 is 33.8 Å². The van der Waals surface area contributed by atoms with E-state index in [-0.39, 0.29) is 19.4 Å². The summed E-state index contributed by atoms with van der Waals surface area (Å²) in [5.41, 5.74) is 1.22. The number of amides is 3. The molecular weight excluding hydrogens is 610 g/mol. The van der Waals surface area contributed by atoms with E-state index in [9.17, 15) is 24.3 Å². The molecular formula is C38H49N3O7. The molecule has 0 aromatic heterocycles. The van der Waals surface area contributed by atoms with Crippen LogP contribution in [0.5, 0.6) is 0 Å². The summed E-state index contributed by atoms with van der Waals surface area (Å²) >= 11 is 0. The number of carbonyl (C=O) groups excluding carboxylic acids is 4. The van der Waals surface area contributed by atoms with Gasteiger partial charge < -0.3 is 30.1 Å². The second-order valence-electron chi connectivity index (χ2n) is 13.7. The van der Waals surface area contributed by atoms with Crippen LogP contribution in [0, 0.1) is 6.92 Å². The number of benzene rings is 3. The van der Waals surface area contributed by atoms with E-state index in [0.717, 1.165) is 16.7 Å². The molecule has 0 bridgehead atoms. The Morgan fingerprint density at radius 3 is 1.77 bits per heavy atom. The fourth-order valence-corrected chi connectivity index (χ4v) is 5.15. The summed E-state index contributed by atoms with van der Waals surface area (Å²) in [7, 11) is 0. The van der Waals surface area contributed by atoms with Crippen LogP contribution in [0.4, 0.5) is 4.79 Å². The van der Waals surface area contributed by atoms with E-state index >= 15 is 0 Å². The van der Waals surface area contributed by atoms with Gasteiger partial charge in [-0.1, -0.05) is 90.5 Å². The molecule has 3 unspecified atom stereocenters. The minimum atomic E-state index is -1.27. The molecule has 0 heterocycles. The van der Waals surface area contributed by atoms with Crippen molar-refractivity contribution in [2.24, 2.45) is 0 Å². The van der Waals surface area contributed by atoms with Crippen molar-refractivity contribution in [3.8, 4) is 0 Å². The zero-order valence-electron chi connectivity index (χ0n) is 29.0. The van der Waals surface area contributed by atoms with Gasteiger partial charge in [-0.3, -0.25) is 9.59 Å². The second kappa shape index (κ2) is 16.9. The lowest BCUT2D eigenvalue weighted by Gasteiger charge is -2.35. The van der Waals surface area contributed by atoms with E-state index in [2.05, 4.69) is 10.6 Å². The first-order valence-corrected chi connectivity index (χ1v) is 16.1. The number of esters is 1. The maximum absolute atomic E-state index is 14.5. The number of nitrogens with one attached hydrogen (secondary N) is 2. The Labute approximate surface area is 283 Å². The van der Waals surface area contributed by atoms with Crippen LogP contribution in [-0.2, 0) is 36.7 Å². The molecule has 48 heavy (non-hydrogen) atoms. The van der Waals surface area contributed by atoms with Gasteiger partial charge in [-0.05, 0) is 65.2 Å². The van der Waals surface area contributed by atoms with E-state index in [1.165, 1.54) is 4.90 Å². The number of nitrogens with zero attached hydrogens (tertiary/aromatic N) is 1. The van der Waals surface area contributed by atoms with Crippen LogP contribution in [0.3, 0.4) is 0 Å². The van der Waals surface area contributed by atoms with Gasteiger partial charge in [0.05, 0.1) is 6.61 Å². The van der Waals surface area contributed by atoms with Gasteiger partial charge in [0.2, 0.25) is 11.8 Å². The van der Waals surface area contributed by atoms with Gasteiger partial charge in [-0.2, -0.15) is 0 Å². The highest BCUT2D eigenvalue weighted by atomic mass is 16.6. The molecule has 0 fully saturated rings. The molecule has 3 rings (SSSR count). The van der Waals surface area contributed by atoms with Crippen LogP contribution in [0.15, 0.2) is 84.9 Å². The number of aliphatic hydroxyl groups excluding tert-OH is 1. The number of hydrogen-bond acceptors (Lipinski definition) is 7. The largest absolute Gasteiger partial charge is 0.458 e. The van der Waals surface area contributed by atoms with Crippen molar-refractivity contribution in [3.63, 3.8) is 0 Å². The average Bonchev–Trinajstić information content (AvgIpc) is 2.99. The Kier molecular flexibility index (Phi) is 13.3. The number of aliphatic hydroxyl groups is 1. The van der Waals surface area contributed by atoms with Crippen LogP contribution in [-0.4, -0.2) is 70.3 Å². The number of rotatable bonds is 13. The first-order valence-electron chi connectivity index (χ1n) is 16.1. The van der Waals surface area contributed by atoms with Crippen molar-refractivity contribution in [3.05, 3.63) is 107 Å². The van der Waals surface area contributed by atoms with Gasteiger partial charge in [0, 0.05) is 19.4 Å². The van der Waals surface area contributed by atoms with E-state index in [1.807, 2.05) is 73.7 Å². The van der Waals surface area contributed by atoms with E-state index in [1.54, 1.807) is 59.7 Å². The minimum absolute atomic E-state index is 0.0948. The van der Waals surface area contributed by atoms with Crippen molar-refractivity contribution >= 4 is 23.9 Å². The smallest absolute Gasteiger partial charge is 0.408 e. The van der Waals surface area contributed by atoms with Crippen LogP contribution < -0.4 is 10.6 Å². The summed E-state index contributed by atoms with van der Waals surface area (Å²) in [6, 6.07) is 22.0.